The third-order valence-electron chi connectivity index (χ3n) is 3.88. The first-order chi connectivity index (χ1) is 11.4. The van der Waals surface area contributed by atoms with Crippen molar-refractivity contribution in [1.29, 1.82) is 0 Å². The molecule has 0 aliphatic heterocycles. The second-order valence-corrected chi connectivity index (χ2v) is 6.98. The van der Waals surface area contributed by atoms with Crippen LogP contribution in [-0.2, 0) is 13.6 Å². The molecule has 1 amide bonds. The van der Waals surface area contributed by atoms with Crippen molar-refractivity contribution in [3.05, 3.63) is 33.6 Å². The van der Waals surface area contributed by atoms with Gasteiger partial charge >= 0.3 is 0 Å². The zero-order valence-corrected chi connectivity index (χ0v) is 15.2. The Morgan fingerprint density at radius 3 is 2.83 bits per heavy atom. The van der Waals surface area contributed by atoms with Gasteiger partial charge in [0, 0.05) is 12.7 Å². The number of carbonyl (C=O) groups excluding carboxylic acids is 1. The van der Waals surface area contributed by atoms with E-state index >= 15 is 0 Å². The van der Waals surface area contributed by atoms with Crippen molar-refractivity contribution in [2.24, 2.45) is 7.05 Å². The smallest absolute Gasteiger partial charge is 0.252 e. The number of nitrogens with zero attached hydrogens (tertiary/aromatic N) is 5. The lowest BCUT2D eigenvalue weighted by molar-refractivity contribution is 0.0952. The maximum absolute atomic E-state index is 12.7. The predicted molar refractivity (Wildman–Crippen MR) is 93.2 cm³/mol. The molecule has 7 nitrogen and oxygen atoms in total. The molecule has 0 aromatic carbocycles. The van der Waals surface area contributed by atoms with Gasteiger partial charge in [0.2, 0.25) is 0 Å². The van der Waals surface area contributed by atoms with Crippen molar-refractivity contribution < 1.29 is 4.79 Å². The number of amides is 1. The fourth-order valence-electron chi connectivity index (χ4n) is 2.78. The molecule has 0 aliphatic carbocycles. The SMILES string of the molecule is Cc1cc(C(=O)NCc2snnc2C(C)C)c2c(C)nn(C)c2n1. The van der Waals surface area contributed by atoms with E-state index in [9.17, 15) is 4.79 Å². The summed E-state index contributed by atoms with van der Waals surface area (Å²) in [5.41, 5.74) is 3.85. The Balaban J connectivity index is 1.90. The van der Waals surface area contributed by atoms with Crippen LogP contribution in [0.3, 0.4) is 0 Å². The number of aryl methyl sites for hydroxylation is 3. The number of nitrogens with one attached hydrogen (secondary N) is 1. The van der Waals surface area contributed by atoms with Gasteiger partial charge in [0.1, 0.15) is 0 Å². The maximum Gasteiger partial charge on any atom is 0.252 e. The van der Waals surface area contributed by atoms with Crippen molar-refractivity contribution in [3.8, 4) is 0 Å². The third kappa shape index (κ3) is 2.89. The molecule has 0 saturated heterocycles. The molecule has 3 aromatic rings. The van der Waals surface area contributed by atoms with E-state index in [1.54, 1.807) is 10.7 Å². The zero-order chi connectivity index (χ0) is 17.4. The van der Waals surface area contributed by atoms with E-state index in [1.807, 2.05) is 20.9 Å². The summed E-state index contributed by atoms with van der Waals surface area (Å²) < 4.78 is 5.70. The van der Waals surface area contributed by atoms with Gasteiger partial charge in [0.25, 0.3) is 5.91 Å². The number of pyridine rings is 1. The summed E-state index contributed by atoms with van der Waals surface area (Å²) >= 11 is 1.32. The van der Waals surface area contributed by atoms with Crippen molar-refractivity contribution in [2.75, 3.05) is 0 Å². The minimum absolute atomic E-state index is 0.135. The van der Waals surface area contributed by atoms with Gasteiger partial charge in [-0.15, -0.1) is 5.10 Å². The normalized spacial score (nSPS) is 11.4. The van der Waals surface area contributed by atoms with Crippen molar-refractivity contribution in [2.45, 2.75) is 40.2 Å². The Kier molecular flexibility index (Phi) is 4.31. The third-order valence-corrected chi connectivity index (χ3v) is 4.62. The van der Waals surface area contributed by atoms with E-state index in [2.05, 4.69) is 38.8 Å². The molecule has 0 atom stereocenters. The van der Waals surface area contributed by atoms with Crippen LogP contribution < -0.4 is 5.32 Å². The number of fused-ring (bicyclic) bond motifs is 1. The highest BCUT2D eigenvalue weighted by molar-refractivity contribution is 7.05. The monoisotopic (exact) mass is 344 g/mol. The van der Waals surface area contributed by atoms with Crippen LogP contribution in [0.5, 0.6) is 0 Å². The van der Waals surface area contributed by atoms with Gasteiger partial charge in [-0.3, -0.25) is 9.48 Å². The summed E-state index contributed by atoms with van der Waals surface area (Å²) in [6.45, 7) is 8.32. The Hall–Kier alpha value is -2.35. The van der Waals surface area contributed by atoms with E-state index in [0.717, 1.165) is 33.0 Å². The molecule has 0 fully saturated rings. The van der Waals surface area contributed by atoms with Crippen LogP contribution in [0.25, 0.3) is 11.0 Å². The molecule has 1 N–H and O–H groups in total. The molecule has 3 aromatic heterocycles. The maximum atomic E-state index is 12.7. The standard InChI is InChI=1S/C16H20N6OS/c1-8(2)14-12(24-21-19-14)7-17-16(23)11-6-9(3)18-15-13(11)10(4)20-22(15)5/h6,8H,7H2,1-5H3,(H,17,23). The summed E-state index contributed by atoms with van der Waals surface area (Å²) in [4.78, 5) is 18.2. The van der Waals surface area contributed by atoms with Gasteiger partial charge < -0.3 is 5.32 Å². The lowest BCUT2D eigenvalue weighted by Crippen LogP contribution is -2.23. The molecule has 0 saturated carbocycles. The molecule has 24 heavy (non-hydrogen) atoms. The summed E-state index contributed by atoms with van der Waals surface area (Å²) in [7, 11) is 1.83. The van der Waals surface area contributed by atoms with Crippen LogP contribution in [0, 0.1) is 13.8 Å². The molecular weight excluding hydrogens is 324 g/mol. The molecule has 126 valence electrons. The predicted octanol–water partition coefficient (Wildman–Crippen LogP) is 2.49. The van der Waals surface area contributed by atoms with Crippen LogP contribution >= 0.6 is 11.5 Å². The summed E-state index contributed by atoms with van der Waals surface area (Å²) in [6.07, 6.45) is 0. The first-order valence-corrected chi connectivity index (χ1v) is 8.56. The van der Waals surface area contributed by atoms with Gasteiger partial charge in [-0.25, -0.2) is 4.98 Å². The molecule has 0 bridgehead atoms. The molecule has 0 spiro atoms. The molecule has 8 heteroatoms. The summed E-state index contributed by atoms with van der Waals surface area (Å²) in [5, 5.41) is 12.3. The lowest BCUT2D eigenvalue weighted by Gasteiger charge is -2.08. The van der Waals surface area contributed by atoms with Crippen molar-refractivity contribution in [1.82, 2.24) is 29.7 Å². The van der Waals surface area contributed by atoms with E-state index in [0.29, 0.717) is 12.1 Å². The molecule has 0 radical (unpaired) electrons. The highest BCUT2D eigenvalue weighted by Crippen LogP contribution is 2.23. The second-order valence-electron chi connectivity index (χ2n) is 6.14. The number of hydrogen-bond donors (Lipinski definition) is 1. The minimum atomic E-state index is -0.135. The highest BCUT2D eigenvalue weighted by Gasteiger charge is 2.19. The highest BCUT2D eigenvalue weighted by atomic mass is 32.1. The van der Waals surface area contributed by atoms with Gasteiger partial charge in [0.05, 0.1) is 33.8 Å². The van der Waals surface area contributed by atoms with Gasteiger partial charge in [0.15, 0.2) is 5.65 Å². The van der Waals surface area contributed by atoms with Crippen molar-refractivity contribution >= 4 is 28.5 Å². The Labute approximate surface area is 144 Å². The Bertz CT molecular complexity index is 911. The largest absolute Gasteiger partial charge is 0.347 e. The first kappa shape index (κ1) is 16.5. The van der Waals surface area contributed by atoms with Crippen LogP contribution in [0.2, 0.25) is 0 Å². The van der Waals surface area contributed by atoms with Crippen molar-refractivity contribution in [3.63, 3.8) is 0 Å². The minimum Gasteiger partial charge on any atom is -0.347 e. The lowest BCUT2D eigenvalue weighted by atomic mass is 10.1. The fraction of sp³-hybridized carbons (Fsp3) is 0.438. The molecular formula is C16H20N6OS. The average Bonchev–Trinajstić information content (AvgIpc) is 3.09. The Morgan fingerprint density at radius 2 is 2.12 bits per heavy atom. The van der Waals surface area contributed by atoms with E-state index in [1.165, 1.54) is 11.5 Å². The number of hydrogen-bond acceptors (Lipinski definition) is 6. The molecule has 3 heterocycles. The summed E-state index contributed by atoms with van der Waals surface area (Å²) in [6, 6.07) is 1.81. The molecule has 0 unspecified atom stereocenters. The van der Waals surface area contributed by atoms with E-state index < -0.39 is 0 Å². The van der Waals surface area contributed by atoms with E-state index in [-0.39, 0.29) is 11.8 Å². The molecule has 3 rings (SSSR count). The number of carbonyl (C=O) groups is 1. The first-order valence-electron chi connectivity index (χ1n) is 7.78. The van der Waals surface area contributed by atoms with Crippen LogP contribution in [0.4, 0.5) is 0 Å². The molecule has 0 aliphatic rings. The Morgan fingerprint density at radius 1 is 1.38 bits per heavy atom. The average molecular weight is 344 g/mol. The van der Waals surface area contributed by atoms with Gasteiger partial charge in [-0.1, -0.05) is 18.3 Å². The van der Waals surface area contributed by atoms with Gasteiger partial charge in [-0.2, -0.15) is 5.10 Å². The van der Waals surface area contributed by atoms with Crippen LogP contribution in [-0.4, -0.2) is 30.3 Å². The quantitative estimate of drug-likeness (QED) is 0.786. The number of aromatic nitrogens is 5. The van der Waals surface area contributed by atoms with Gasteiger partial charge in [-0.05, 0) is 37.4 Å². The van der Waals surface area contributed by atoms with Crippen LogP contribution in [0.15, 0.2) is 6.07 Å². The number of rotatable bonds is 4. The van der Waals surface area contributed by atoms with E-state index in [4.69, 9.17) is 0 Å². The fourth-order valence-corrected chi connectivity index (χ4v) is 3.52. The zero-order valence-electron chi connectivity index (χ0n) is 14.4. The second kappa shape index (κ2) is 6.27. The topological polar surface area (TPSA) is 85.6 Å². The summed E-state index contributed by atoms with van der Waals surface area (Å²) in [5.74, 6) is 0.149. The van der Waals surface area contributed by atoms with Crippen LogP contribution in [0.1, 0.15) is 52.1 Å².